The van der Waals surface area contributed by atoms with E-state index in [0.717, 1.165) is 11.3 Å². The fourth-order valence-electron chi connectivity index (χ4n) is 2.09. The highest BCUT2D eigenvalue weighted by Gasteiger charge is 2.14. The van der Waals surface area contributed by atoms with Crippen LogP contribution in [0.15, 0.2) is 66.1 Å². The summed E-state index contributed by atoms with van der Waals surface area (Å²) < 4.78 is 27.4. The lowest BCUT2D eigenvalue weighted by atomic mass is 10.0. The van der Waals surface area contributed by atoms with Gasteiger partial charge in [-0.25, -0.2) is 8.42 Å². The van der Waals surface area contributed by atoms with Crippen molar-refractivity contribution in [3.8, 4) is 0 Å². The number of hydrogen-bond acceptors (Lipinski definition) is 3. The average Bonchev–Trinajstić information content (AvgIpc) is 2.54. The molecule has 0 spiro atoms. The molecule has 2 aromatic rings. The third-order valence-corrected chi connectivity index (χ3v) is 4.84. The molecular weight excluding hydrogens is 308 g/mol. The maximum Gasteiger partial charge on any atom is 0.261 e. The Morgan fingerprint density at radius 1 is 1.00 bits per heavy atom. The SMILES string of the molecule is C=CCNc1ccc(NS(=O)(=O)c2ccc(C(C)C)cc2)cc1. The lowest BCUT2D eigenvalue weighted by Crippen LogP contribution is -2.13. The van der Waals surface area contributed by atoms with E-state index in [0.29, 0.717) is 18.2 Å². The van der Waals surface area contributed by atoms with Crippen LogP contribution in [0.1, 0.15) is 25.3 Å². The van der Waals surface area contributed by atoms with E-state index in [1.807, 2.05) is 24.3 Å². The van der Waals surface area contributed by atoms with Crippen LogP contribution in [0.5, 0.6) is 0 Å². The van der Waals surface area contributed by atoms with Gasteiger partial charge in [-0.2, -0.15) is 0 Å². The second-order valence-corrected chi connectivity index (χ2v) is 7.26. The van der Waals surface area contributed by atoms with Gasteiger partial charge in [0.25, 0.3) is 10.0 Å². The lowest BCUT2D eigenvalue weighted by Gasteiger charge is -2.11. The third-order valence-electron chi connectivity index (χ3n) is 3.44. The summed E-state index contributed by atoms with van der Waals surface area (Å²) in [5, 5.41) is 3.14. The molecule has 0 heterocycles. The van der Waals surface area contributed by atoms with Gasteiger partial charge in [0.2, 0.25) is 0 Å². The van der Waals surface area contributed by atoms with Crippen LogP contribution < -0.4 is 10.0 Å². The smallest absolute Gasteiger partial charge is 0.261 e. The molecule has 0 saturated heterocycles. The summed E-state index contributed by atoms with van der Waals surface area (Å²) >= 11 is 0. The van der Waals surface area contributed by atoms with E-state index in [1.165, 1.54) is 0 Å². The highest BCUT2D eigenvalue weighted by atomic mass is 32.2. The number of hydrogen-bond donors (Lipinski definition) is 2. The molecule has 2 aromatic carbocycles. The predicted octanol–water partition coefficient (Wildman–Crippen LogP) is 4.21. The van der Waals surface area contributed by atoms with Gasteiger partial charge in [0.15, 0.2) is 0 Å². The van der Waals surface area contributed by atoms with E-state index in [1.54, 1.807) is 30.3 Å². The zero-order valence-corrected chi connectivity index (χ0v) is 14.2. The van der Waals surface area contributed by atoms with Crippen LogP contribution in [0.25, 0.3) is 0 Å². The van der Waals surface area contributed by atoms with Gasteiger partial charge >= 0.3 is 0 Å². The standard InChI is InChI=1S/C18H22N2O2S/c1-4-13-19-16-7-9-17(10-8-16)20-23(21,22)18-11-5-15(6-12-18)14(2)3/h4-12,14,19-20H,1,13H2,2-3H3. The van der Waals surface area contributed by atoms with E-state index in [-0.39, 0.29) is 4.90 Å². The van der Waals surface area contributed by atoms with Crippen molar-refractivity contribution < 1.29 is 8.42 Å². The molecule has 23 heavy (non-hydrogen) atoms. The van der Waals surface area contributed by atoms with Crippen molar-refractivity contribution in [2.45, 2.75) is 24.7 Å². The molecule has 2 N–H and O–H groups in total. The number of anilines is 2. The fraction of sp³-hybridized carbons (Fsp3) is 0.222. The van der Waals surface area contributed by atoms with E-state index < -0.39 is 10.0 Å². The molecule has 0 saturated carbocycles. The molecule has 0 unspecified atom stereocenters. The largest absolute Gasteiger partial charge is 0.382 e. The van der Waals surface area contributed by atoms with E-state index >= 15 is 0 Å². The quantitative estimate of drug-likeness (QED) is 0.748. The molecule has 4 nitrogen and oxygen atoms in total. The minimum atomic E-state index is -3.57. The van der Waals surface area contributed by atoms with Gasteiger partial charge < -0.3 is 5.32 Å². The molecule has 0 aromatic heterocycles. The molecule has 0 aliphatic carbocycles. The van der Waals surface area contributed by atoms with Crippen molar-refractivity contribution in [3.05, 3.63) is 66.7 Å². The van der Waals surface area contributed by atoms with Gasteiger partial charge in [0.1, 0.15) is 0 Å². The number of sulfonamides is 1. The first kappa shape index (κ1) is 17.1. The summed E-state index contributed by atoms with van der Waals surface area (Å²) in [6, 6.07) is 14.1. The molecule has 122 valence electrons. The average molecular weight is 330 g/mol. The van der Waals surface area contributed by atoms with Gasteiger partial charge in [-0.15, -0.1) is 6.58 Å². The van der Waals surface area contributed by atoms with Crippen LogP contribution in [0.4, 0.5) is 11.4 Å². The Morgan fingerprint density at radius 3 is 2.09 bits per heavy atom. The van der Waals surface area contributed by atoms with E-state index in [4.69, 9.17) is 0 Å². The van der Waals surface area contributed by atoms with Crippen molar-refractivity contribution in [2.24, 2.45) is 0 Å². The molecule has 0 amide bonds. The minimum Gasteiger partial charge on any atom is -0.382 e. The summed E-state index contributed by atoms with van der Waals surface area (Å²) in [4.78, 5) is 0.260. The van der Waals surface area contributed by atoms with Crippen LogP contribution in [0, 0.1) is 0 Å². The van der Waals surface area contributed by atoms with Crippen molar-refractivity contribution in [1.29, 1.82) is 0 Å². The zero-order valence-electron chi connectivity index (χ0n) is 13.4. The van der Waals surface area contributed by atoms with E-state index in [2.05, 4.69) is 30.5 Å². The van der Waals surface area contributed by atoms with Crippen molar-refractivity contribution >= 4 is 21.4 Å². The summed E-state index contributed by atoms with van der Waals surface area (Å²) in [5.74, 6) is 0.371. The van der Waals surface area contributed by atoms with Gasteiger partial charge in [-0.1, -0.05) is 32.1 Å². The highest BCUT2D eigenvalue weighted by molar-refractivity contribution is 7.92. The van der Waals surface area contributed by atoms with Crippen LogP contribution in [0.3, 0.4) is 0 Å². The predicted molar refractivity (Wildman–Crippen MR) is 96.5 cm³/mol. The topological polar surface area (TPSA) is 58.2 Å². The Hall–Kier alpha value is -2.27. The molecule has 2 rings (SSSR count). The second-order valence-electron chi connectivity index (χ2n) is 5.58. The lowest BCUT2D eigenvalue weighted by molar-refractivity contribution is 0.601. The highest BCUT2D eigenvalue weighted by Crippen LogP contribution is 2.21. The number of rotatable bonds is 7. The minimum absolute atomic E-state index is 0.260. The monoisotopic (exact) mass is 330 g/mol. The molecule has 0 aliphatic rings. The Balaban J connectivity index is 2.12. The van der Waals surface area contributed by atoms with Crippen LogP contribution in [-0.2, 0) is 10.0 Å². The molecule has 0 fully saturated rings. The molecule has 0 radical (unpaired) electrons. The Kier molecular flexibility index (Phi) is 5.45. The summed E-state index contributed by atoms with van der Waals surface area (Å²) in [5.41, 5.74) is 2.55. The Labute approximate surface area is 138 Å². The first-order valence-corrected chi connectivity index (χ1v) is 8.98. The third kappa shape index (κ3) is 4.60. The molecule has 0 aliphatic heterocycles. The number of nitrogens with one attached hydrogen (secondary N) is 2. The fourth-order valence-corrected chi connectivity index (χ4v) is 3.15. The van der Waals surface area contributed by atoms with Crippen LogP contribution in [-0.4, -0.2) is 15.0 Å². The van der Waals surface area contributed by atoms with Crippen LogP contribution >= 0.6 is 0 Å². The van der Waals surface area contributed by atoms with Gasteiger partial charge in [-0.3, -0.25) is 4.72 Å². The van der Waals surface area contributed by atoms with Crippen molar-refractivity contribution in [2.75, 3.05) is 16.6 Å². The van der Waals surface area contributed by atoms with Gasteiger partial charge in [0.05, 0.1) is 4.90 Å². The molecule has 5 heteroatoms. The Morgan fingerprint density at radius 2 is 1.57 bits per heavy atom. The summed E-state index contributed by atoms with van der Waals surface area (Å²) in [7, 11) is -3.57. The van der Waals surface area contributed by atoms with Gasteiger partial charge in [-0.05, 0) is 47.9 Å². The van der Waals surface area contributed by atoms with Gasteiger partial charge in [0, 0.05) is 17.9 Å². The first-order valence-electron chi connectivity index (χ1n) is 7.50. The first-order chi connectivity index (χ1) is 10.9. The zero-order chi connectivity index (χ0) is 16.9. The normalized spacial score (nSPS) is 11.3. The van der Waals surface area contributed by atoms with Crippen molar-refractivity contribution in [1.82, 2.24) is 0 Å². The summed E-state index contributed by atoms with van der Waals surface area (Å²) in [6.45, 7) is 8.44. The Bertz CT molecular complexity index is 749. The maximum absolute atomic E-state index is 12.4. The maximum atomic E-state index is 12.4. The summed E-state index contributed by atoms with van der Waals surface area (Å²) in [6.07, 6.45) is 1.76. The molecular formula is C18H22N2O2S. The molecule has 0 atom stereocenters. The second kappa shape index (κ2) is 7.33. The van der Waals surface area contributed by atoms with E-state index in [9.17, 15) is 8.42 Å². The van der Waals surface area contributed by atoms with Crippen LogP contribution in [0.2, 0.25) is 0 Å². The number of benzene rings is 2. The molecule has 0 bridgehead atoms. The van der Waals surface area contributed by atoms with Crippen molar-refractivity contribution in [3.63, 3.8) is 0 Å².